The van der Waals surface area contributed by atoms with E-state index >= 15 is 0 Å². The number of carbonyl (C=O) groups is 4. The van der Waals surface area contributed by atoms with Crippen LogP contribution in [0.25, 0.3) is 0 Å². The molecule has 1 unspecified atom stereocenters. The Bertz CT molecular complexity index is 694. The van der Waals surface area contributed by atoms with E-state index in [4.69, 9.17) is 0 Å². The highest BCUT2D eigenvalue weighted by atomic mass is 19.1. The molecule has 1 saturated heterocycles. The second-order valence-corrected chi connectivity index (χ2v) is 5.82. The molecule has 1 aliphatic heterocycles. The first-order chi connectivity index (χ1) is 12.4. The van der Waals surface area contributed by atoms with Crippen LogP contribution in [0.1, 0.15) is 23.2 Å². The van der Waals surface area contributed by atoms with Gasteiger partial charge in [0.05, 0.1) is 13.1 Å². The van der Waals surface area contributed by atoms with Gasteiger partial charge in [0.1, 0.15) is 18.5 Å². The monoisotopic (exact) mass is 367 g/mol. The van der Waals surface area contributed by atoms with Crippen LogP contribution in [0.2, 0.25) is 0 Å². The lowest BCUT2D eigenvalue weighted by Gasteiger charge is -2.24. The lowest BCUT2D eigenvalue weighted by Crippen LogP contribution is -2.49. The molecule has 1 fully saturated rings. The molecule has 140 valence electrons. The Morgan fingerprint density at radius 2 is 1.77 bits per heavy atom. The van der Waals surface area contributed by atoms with Gasteiger partial charge in [-0.1, -0.05) is 0 Å². The molecule has 1 heterocycles. The van der Waals surface area contributed by atoms with Crippen molar-refractivity contribution in [3.05, 3.63) is 35.6 Å². The van der Waals surface area contributed by atoms with Crippen molar-refractivity contribution in [2.45, 2.75) is 18.9 Å². The zero-order chi connectivity index (χ0) is 19.1. The summed E-state index contributed by atoms with van der Waals surface area (Å²) in [4.78, 5) is 48.6. The van der Waals surface area contributed by atoms with Crippen molar-refractivity contribution in [3.63, 3.8) is 0 Å². The molecular formula is C17H19F2N3O4. The summed E-state index contributed by atoms with van der Waals surface area (Å²) < 4.78 is 25.0. The summed E-state index contributed by atoms with van der Waals surface area (Å²) in [6.45, 7) is -1.55. The summed E-state index contributed by atoms with van der Waals surface area (Å²) >= 11 is 0. The fraction of sp³-hybridized carbons (Fsp3) is 0.412. The zero-order valence-electron chi connectivity index (χ0n) is 14.0. The third kappa shape index (κ3) is 5.08. The molecule has 1 atom stereocenters. The van der Waals surface area contributed by atoms with Crippen molar-refractivity contribution in [1.82, 2.24) is 15.5 Å². The number of carbonyl (C=O) groups excluding carboxylic acids is 4. The molecule has 9 heteroatoms. The summed E-state index contributed by atoms with van der Waals surface area (Å²) in [5.74, 6) is -2.74. The van der Waals surface area contributed by atoms with Gasteiger partial charge in [-0.05, 0) is 37.1 Å². The number of rotatable bonds is 7. The number of alkyl halides is 1. The topological polar surface area (TPSA) is 95.6 Å². The number of amides is 3. The molecule has 0 aromatic heterocycles. The van der Waals surface area contributed by atoms with E-state index in [-0.39, 0.29) is 12.1 Å². The number of nitrogens with zero attached hydrogens (tertiary/aromatic N) is 1. The van der Waals surface area contributed by atoms with E-state index in [1.54, 1.807) is 0 Å². The maximum Gasteiger partial charge on any atom is 0.251 e. The van der Waals surface area contributed by atoms with Crippen molar-refractivity contribution in [2.75, 3.05) is 26.3 Å². The van der Waals surface area contributed by atoms with Gasteiger partial charge in [-0.25, -0.2) is 8.78 Å². The van der Waals surface area contributed by atoms with Crippen LogP contribution in [0, 0.1) is 5.82 Å². The number of Topliss-reactive ketones (excluding diaryl/α,β-unsaturated/α-hetero) is 1. The van der Waals surface area contributed by atoms with Crippen LogP contribution in [0.4, 0.5) is 8.78 Å². The lowest BCUT2D eigenvalue weighted by atomic mass is 10.2. The number of ketones is 1. The van der Waals surface area contributed by atoms with E-state index in [2.05, 4.69) is 10.6 Å². The summed E-state index contributed by atoms with van der Waals surface area (Å²) in [6, 6.07) is 4.11. The normalized spacial score (nSPS) is 16.2. The summed E-state index contributed by atoms with van der Waals surface area (Å²) in [5, 5.41) is 4.74. The van der Waals surface area contributed by atoms with Crippen LogP contribution in [0.15, 0.2) is 24.3 Å². The maximum atomic E-state index is 12.9. The number of hydrogen-bond donors (Lipinski definition) is 2. The average Bonchev–Trinajstić information content (AvgIpc) is 3.14. The standard InChI is InChI=1S/C17H19F2N3O4/c18-8-13(23)9-20-17(26)14-2-1-7-22(14)15(24)10-21-16(25)11-3-5-12(19)6-4-11/h3-6,14H,1-2,7-10H2,(H,20,26)(H,21,25). The summed E-state index contributed by atoms with van der Waals surface area (Å²) in [7, 11) is 0. The van der Waals surface area contributed by atoms with Gasteiger partial charge in [0.2, 0.25) is 11.8 Å². The molecule has 26 heavy (non-hydrogen) atoms. The van der Waals surface area contributed by atoms with Gasteiger partial charge in [0.25, 0.3) is 5.91 Å². The van der Waals surface area contributed by atoms with Gasteiger partial charge < -0.3 is 15.5 Å². The van der Waals surface area contributed by atoms with Crippen LogP contribution in [-0.2, 0) is 14.4 Å². The van der Waals surface area contributed by atoms with Crippen LogP contribution >= 0.6 is 0 Å². The summed E-state index contributed by atoms with van der Waals surface area (Å²) in [6.07, 6.45) is 1.03. The second-order valence-electron chi connectivity index (χ2n) is 5.82. The highest BCUT2D eigenvalue weighted by Crippen LogP contribution is 2.17. The molecule has 2 rings (SSSR count). The third-order valence-corrected chi connectivity index (χ3v) is 3.99. The second kappa shape index (κ2) is 9.02. The van der Waals surface area contributed by atoms with E-state index in [9.17, 15) is 28.0 Å². The minimum Gasteiger partial charge on any atom is -0.347 e. The number of nitrogens with one attached hydrogen (secondary N) is 2. The smallest absolute Gasteiger partial charge is 0.251 e. The van der Waals surface area contributed by atoms with E-state index < -0.39 is 48.6 Å². The van der Waals surface area contributed by atoms with Gasteiger partial charge in [0.15, 0.2) is 5.78 Å². The lowest BCUT2D eigenvalue weighted by molar-refractivity contribution is -0.138. The maximum absolute atomic E-state index is 12.9. The van der Waals surface area contributed by atoms with Gasteiger partial charge >= 0.3 is 0 Å². The molecule has 2 N–H and O–H groups in total. The van der Waals surface area contributed by atoms with E-state index in [1.807, 2.05) is 0 Å². The molecule has 0 radical (unpaired) electrons. The van der Waals surface area contributed by atoms with E-state index in [0.29, 0.717) is 19.4 Å². The van der Waals surface area contributed by atoms with Crippen LogP contribution in [0.5, 0.6) is 0 Å². The van der Waals surface area contributed by atoms with Crippen LogP contribution in [0.3, 0.4) is 0 Å². The molecule has 1 aliphatic rings. The third-order valence-electron chi connectivity index (χ3n) is 3.99. The Labute approximate surface area is 148 Å². The van der Waals surface area contributed by atoms with Gasteiger partial charge in [0, 0.05) is 12.1 Å². The molecule has 0 aliphatic carbocycles. The predicted molar refractivity (Wildman–Crippen MR) is 87.5 cm³/mol. The van der Waals surface area contributed by atoms with E-state index in [1.165, 1.54) is 17.0 Å². The first-order valence-corrected chi connectivity index (χ1v) is 8.11. The molecule has 7 nitrogen and oxygen atoms in total. The predicted octanol–water partition coefficient (Wildman–Crippen LogP) is 0.201. The SMILES string of the molecule is O=C(CF)CNC(=O)C1CCCN1C(=O)CNC(=O)c1ccc(F)cc1. The number of hydrogen-bond acceptors (Lipinski definition) is 4. The Hall–Kier alpha value is -2.84. The Kier molecular flexibility index (Phi) is 6.76. The molecule has 1 aromatic rings. The molecule has 0 saturated carbocycles. The summed E-state index contributed by atoms with van der Waals surface area (Å²) in [5.41, 5.74) is 0.208. The molecule has 0 bridgehead atoms. The Morgan fingerprint density at radius 1 is 1.08 bits per heavy atom. The average molecular weight is 367 g/mol. The Balaban J connectivity index is 1.87. The number of halogens is 2. The van der Waals surface area contributed by atoms with Crippen molar-refractivity contribution in [3.8, 4) is 0 Å². The minimum atomic E-state index is -1.16. The first-order valence-electron chi connectivity index (χ1n) is 8.11. The van der Waals surface area contributed by atoms with Gasteiger partial charge in [-0.2, -0.15) is 0 Å². The van der Waals surface area contributed by atoms with Crippen molar-refractivity contribution < 1.29 is 28.0 Å². The zero-order valence-corrected chi connectivity index (χ0v) is 14.0. The quantitative estimate of drug-likeness (QED) is 0.720. The van der Waals surface area contributed by atoms with Crippen LogP contribution < -0.4 is 10.6 Å². The molecule has 0 spiro atoms. The van der Waals surface area contributed by atoms with Gasteiger partial charge in [-0.15, -0.1) is 0 Å². The highest BCUT2D eigenvalue weighted by molar-refractivity contribution is 5.97. The first kappa shape index (κ1) is 19.5. The van der Waals surface area contributed by atoms with E-state index in [0.717, 1.165) is 12.1 Å². The largest absolute Gasteiger partial charge is 0.347 e. The van der Waals surface area contributed by atoms with Crippen molar-refractivity contribution in [2.24, 2.45) is 0 Å². The van der Waals surface area contributed by atoms with Gasteiger partial charge in [-0.3, -0.25) is 19.2 Å². The number of benzene rings is 1. The van der Waals surface area contributed by atoms with Crippen molar-refractivity contribution >= 4 is 23.5 Å². The minimum absolute atomic E-state index is 0.208. The highest BCUT2D eigenvalue weighted by Gasteiger charge is 2.34. The Morgan fingerprint density at radius 3 is 2.42 bits per heavy atom. The molecule has 3 amide bonds. The van der Waals surface area contributed by atoms with Crippen molar-refractivity contribution in [1.29, 1.82) is 0 Å². The van der Waals surface area contributed by atoms with Crippen LogP contribution in [-0.4, -0.2) is 60.8 Å². The fourth-order valence-electron chi connectivity index (χ4n) is 2.65. The fourth-order valence-corrected chi connectivity index (χ4v) is 2.65. The molecule has 1 aromatic carbocycles. The molecular weight excluding hydrogens is 348 g/mol. The number of likely N-dealkylation sites (tertiary alicyclic amines) is 1.